The molecule has 0 spiro atoms. The largest absolute Gasteiger partial charge is 0.480 e. The quantitative estimate of drug-likeness (QED) is 0.918. The Balaban J connectivity index is 2.37. The molecular weight excluding hydrogens is 257 g/mol. The maximum atomic E-state index is 13.8. The van der Waals surface area contributed by atoms with Gasteiger partial charge in [0.25, 0.3) is 0 Å². The van der Waals surface area contributed by atoms with Crippen LogP contribution >= 0.6 is 11.6 Å². The van der Waals surface area contributed by atoms with Gasteiger partial charge >= 0.3 is 5.97 Å². The molecule has 1 aliphatic heterocycles. The summed E-state index contributed by atoms with van der Waals surface area (Å²) in [6.07, 6.45) is 2.97. The minimum absolute atomic E-state index is 0.0774. The van der Waals surface area contributed by atoms with Gasteiger partial charge in [-0.2, -0.15) is 0 Å². The molecule has 1 aromatic rings. The van der Waals surface area contributed by atoms with Gasteiger partial charge in [0.15, 0.2) is 0 Å². The summed E-state index contributed by atoms with van der Waals surface area (Å²) < 4.78 is 13.8. The molecule has 0 saturated carbocycles. The Kier molecular flexibility index (Phi) is 4.19. The smallest absolute Gasteiger partial charge is 0.325 e. The number of benzene rings is 1. The highest BCUT2D eigenvalue weighted by Gasteiger charge is 2.32. The van der Waals surface area contributed by atoms with E-state index in [1.165, 1.54) is 18.2 Å². The molecule has 0 bridgehead atoms. The second-order valence-electron chi connectivity index (χ2n) is 4.47. The topological polar surface area (TPSA) is 40.5 Å². The van der Waals surface area contributed by atoms with Crippen LogP contribution < -0.4 is 0 Å². The highest BCUT2D eigenvalue weighted by Crippen LogP contribution is 2.32. The summed E-state index contributed by atoms with van der Waals surface area (Å²) in [5.41, 5.74) is 0.0774. The van der Waals surface area contributed by atoms with Gasteiger partial charge in [-0.3, -0.25) is 9.69 Å². The van der Waals surface area contributed by atoms with Crippen molar-refractivity contribution in [2.75, 3.05) is 13.1 Å². The van der Waals surface area contributed by atoms with Gasteiger partial charge in [-0.05, 0) is 38.1 Å². The van der Waals surface area contributed by atoms with Crippen molar-refractivity contribution in [1.29, 1.82) is 0 Å². The molecule has 1 aromatic carbocycles. The number of carboxylic acids is 1. The summed E-state index contributed by atoms with van der Waals surface area (Å²) in [6.45, 7) is 1.34. The van der Waals surface area contributed by atoms with E-state index in [0.29, 0.717) is 13.1 Å². The molecule has 1 atom stereocenters. The van der Waals surface area contributed by atoms with Crippen molar-refractivity contribution in [3.05, 3.63) is 34.6 Å². The van der Waals surface area contributed by atoms with Gasteiger partial charge in [0, 0.05) is 10.6 Å². The van der Waals surface area contributed by atoms with Crippen LogP contribution in [0.25, 0.3) is 0 Å². The predicted octanol–water partition coefficient (Wildman–Crippen LogP) is 3.09. The second-order valence-corrected chi connectivity index (χ2v) is 4.88. The number of carbonyl (C=O) groups is 1. The number of likely N-dealkylation sites (tertiary alicyclic amines) is 1. The molecule has 2 rings (SSSR count). The van der Waals surface area contributed by atoms with Crippen LogP contribution in [0.5, 0.6) is 0 Å². The normalized spacial score (nSPS) is 18.6. The number of hydrogen-bond acceptors (Lipinski definition) is 2. The number of aliphatic carboxylic acids is 1. The first kappa shape index (κ1) is 13.3. The van der Waals surface area contributed by atoms with Gasteiger partial charge in [0.2, 0.25) is 0 Å². The van der Waals surface area contributed by atoms with Gasteiger partial charge < -0.3 is 5.11 Å². The standard InChI is InChI=1S/C13H15ClFNO2/c14-9-5-4-6-10(15)11(9)12(13(17)18)16-7-2-1-3-8-16/h4-6,12H,1-3,7-8H2,(H,17,18). The number of rotatable bonds is 3. The van der Waals surface area contributed by atoms with Gasteiger partial charge in [0.1, 0.15) is 11.9 Å². The molecule has 0 amide bonds. The van der Waals surface area contributed by atoms with Crippen LogP contribution in [0.2, 0.25) is 5.02 Å². The highest BCUT2D eigenvalue weighted by molar-refractivity contribution is 6.31. The molecule has 1 saturated heterocycles. The van der Waals surface area contributed by atoms with Gasteiger partial charge in [-0.25, -0.2) is 4.39 Å². The Hall–Kier alpha value is -1.13. The fraction of sp³-hybridized carbons (Fsp3) is 0.462. The van der Waals surface area contributed by atoms with Crippen molar-refractivity contribution in [3.8, 4) is 0 Å². The van der Waals surface area contributed by atoms with E-state index in [2.05, 4.69) is 0 Å². The van der Waals surface area contributed by atoms with Crippen molar-refractivity contribution in [2.45, 2.75) is 25.3 Å². The molecule has 1 N–H and O–H groups in total. The first-order valence-electron chi connectivity index (χ1n) is 6.02. The maximum absolute atomic E-state index is 13.8. The Morgan fingerprint density at radius 3 is 2.56 bits per heavy atom. The number of piperidine rings is 1. The van der Waals surface area contributed by atoms with Crippen LogP contribution in [0.1, 0.15) is 30.9 Å². The summed E-state index contributed by atoms with van der Waals surface area (Å²) in [5.74, 6) is -1.61. The third-order valence-electron chi connectivity index (χ3n) is 3.26. The molecule has 98 valence electrons. The van der Waals surface area contributed by atoms with E-state index in [1.54, 1.807) is 4.90 Å². The van der Waals surface area contributed by atoms with Crippen molar-refractivity contribution in [3.63, 3.8) is 0 Å². The molecule has 3 nitrogen and oxygen atoms in total. The van der Waals surface area contributed by atoms with E-state index in [-0.39, 0.29) is 10.6 Å². The van der Waals surface area contributed by atoms with Crippen molar-refractivity contribution >= 4 is 17.6 Å². The Bertz CT molecular complexity index is 426. The van der Waals surface area contributed by atoms with Crippen LogP contribution in [-0.2, 0) is 4.79 Å². The summed E-state index contributed by atoms with van der Waals surface area (Å²) in [4.78, 5) is 13.2. The molecule has 1 unspecified atom stereocenters. The molecule has 5 heteroatoms. The maximum Gasteiger partial charge on any atom is 0.325 e. The monoisotopic (exact) mass is 271 g/mol. The fourth-order valence-corrected chi connectivity index (χ4v) is 2.68. The van der Waals surface area contributed by atoms with Crippen molar-refractivity contribution in [2.24, 2.45) is 0 Å². The van der Waals surface area contributed by atoms with Crippen molar-refractivity contribution in [1.82, 2.24) is 4.90 Å². The average molecular weight is 272 g/mol. The molecule has 0 aromatic heterocycles. The lowest BCUT2D eigenvalue weighted by Gasteiger charge is -2.32. The Morgan fingerprint density at radius 1 is 1.33 bits per heavy atom. The lowest BCUT2D eigenvalue weighted by Crippen LogP contribution is -2.38. The predicted molar refractivity (Wildman–Crippen MR) is 67.2 cm³/mol. The van der Waals surface area contributed by atoms with Gasteiger partial charge in [-0.1, -0.05) is 24.1 Å². The second kappa shape index (κ2) is 5.67. The van der Waals surface area contributed by atoms with Crippen LogP contribution in [0.15, 0.2) is 18.2 Å². The van der Waals surface area contributed by atoms with Crippen LogP contribution in [0.4, 0.5) is 4.39 Å². The van der Waals surface area contributed by atoms with E-state index < -0.39 is 17.8 Å². The summed E-state index contributed by atoms with van der Waals surface area (Å²) in [5, 5.41) is 9.53. The Labute approximate surface area is 110 Å². The number of carboxylic acid groups (broad SMARTS) is 1. The summed E-state index contributed by atoms with van der Waals surface area (Å²) in [6, 6.07) is 3.27. The van der Waals surface area contributed by atoms with E-state index in [1.807, 2.05) is 0 Å². The molecule has 1 aliphatic rings. The number of nitrogens with zero attached hydrogens (tertiary/aromatic N) is 1. The average Bonchev–Trinajstić information content (AvgIpc) is 2.34. The highest BCUT2D eigenvalue weighted by atomic mass is 35.5. The van der Waals surface area contributed by atoms with Crippen LogP contribution in [0.3, 0.4) is 0 Å². The van der Waals surface area contributed by atoms with Gasteiger partial charge in [-0.15, -0.1) is 0 Å². The molecule has 1 heterocycles. The minimum atomic E-state index is -1.05. The zero-order valence-electron chi connectivity index (χ0n) is 9.90. The molecular formula is C13H15ClFNO2. The van der Waals surface area contributed by atoms with Crippen LogP contribution in [-0.4, -0.2) is 29.1 Å². The number of hydrogen-bond donors (Lipinski definition) is 1. The van der Waals surface area contributed by atoms with E-state index in [0.717, 1.165) is 19.3 Å². The third-order valence-corrected chi connectivity index (χ3v) is 3.59. The first-order chi connectivity index (χ1) is 8.61. The first-order valence-corrected chi connectivity index (χ1v) is 6.40. The van der Waals surface area contributed by atoms with Gasteiger partial charge in [0.05, 0.1) is 0 Å². The van der Waals surface area contributed by atoms with E-state index in [4.69, 9.17) is 11.6 Å². The SMILES string of the molecule is O=C(O)C(c1c(F)cccc1Cl)N1CCCCC1. The Morgan fingerprint density at radius 2 is 2.00 bits per heavy atom. The zero-order valence-corrected chi connectivity index (χ0v) is 10.7. The lowest BCUT2D eigenvalue weighted by molar-refractivity contribution is -0.144. The third kappa shape index (κ3) is 2.65. The summed E-state index contributed by atoms with van der Waals surface area (Å²) in [7, 11) is 0. The molecule has 1 fully saturated rings. The van der Waals surface area contributed by atoms with Crippen molar-refractivity contribution < 1.29 is 14.3 Å². The molecule has 0 aliphatic carbocycles. The van der Waals surface area contributed by atoms with E-state index >= 15 is 0 Å². The van der Waals surface area contributed by atoms with E-state index in [9.17, 15) is 14.3 Å². The fourth-order valence-electron chi connectivity index (χ4n) is 2.41. The van der Waals surface area contributed by atoms with Crippen LogP contribution in [0, 0.1) is 5.82 Å². The molecule has 0 radical (unpaired) electrons. The minimum Gasteiger partial charge on any atom is -0.480 e. The number of halogens is 2. The zero-order chi connectivity index (χ0) is 13.1. The lowest BCUT2D eigenvalue weighted by atomic mass is 10.0. The summed E-state index contributed by atoms with van der Waals surface area (Å²) >= 11 is 5.96. The molecule has 18 heavy (non-hydrogen) atoms.